The molecule has 62 valence electrons. The van der Waals surface area contributed by atoms with Crippen molar-refractivity contribution in [2.24, 2.45) is 0 Å². The lowest BCUT2D eigenvalue weighted by atomic mass is 10.4. The highest BCUT2D eigenvalue weighted by Crippen LogP contribution is 1.84. The number of nitrogens with zero attached hydrogens (tertiary/aromatic N) is 2. The number of rotatable bonds is 3. The number of terminal acetylenes is 1. The van der Waals surface area contributed by atoms with E-state index < -0.39 is 0 Å². The second kappa shape index (κ2) is 4.13. The molecule has 2 N–H and O–H groups in total. The third kappa shape index (κ3) is 2.09. The number of carbonyl (C=O) groups is 1. The molecule has 1 aromatic rings. The van der Waals surface area contributed by atoms with Crippen LogP contribution in [0.3, 0.4) is 0 Å². The van der Waals surface area contributed by atoms with Gasteiger partial charge in [0, 0.05) is 13.0 Å². The highest BCUT2D eigenvalue weighted by Gasteiger charge is 2.05. The van der Waals surface area contributed by atoms with E-state index in [0.717, 1.165) is 0 Å². The molecular weight excluding hydrogens is 156 g/mol. The Balaban J connectivity index is 2.36. The largest absolute Gasteiger partial charge is 0.348 e. The van der Waals surface area contributed by atoms with Crippen molar-refractivity contribution in [2.45, 2.75) is 6.42 Å². The van der Waals surface area contributed by atoms with Crippen LogP contribution >= 0.6 is 0 Å². The molecule has 0 radical (unpaired) electrons. The third-order valence-corrected chi connectivity index (χ3v) is 1.18. The smallest absolute Gasteiger partial charge is 0.288 e. The zero-order valence-electron chi connectivity index (χ0n) is 6.37. The van der Waals surface area contributed by atoms with Gasteiger partial charge in [0.25, 0.3) is 5.91 Å². The summed E-state index contributed by atoms with van der Waals surface area (Å²) < 4.78 is 0. The van der Waals surface area contributed by atoms with E-state index in [0.29, 0.717) is 13.0 Å². The predicted molar refractivity (Wildman–Crippen MR) is 42.2 cm³/mol. The first kappa shape index (κ1) is 8.27. The Hall–Kier alpha value is -1.83. The molecule has 5 nitrogen and oxygen atoms in total. The minimum Gasteiger partial charge on any atom is -0.348 e. The van der Waals surface area contributed by atoms with Gasteiger partial charge in [0.15, 0.2) is 0 Å². The first-order valence-electron chi connectivity index (χ1n) is 3.41. The molecule has 0 aliphatic carbocycles. The third-order valence-electron chi connectivity index (χ3n) is 1.18. The Labute approximate surface area is 69.6 Å². The van der Waals surface area contributed by atoms with Gasteiger partial charge in [-0.1, -0.05) is 0 Å². The molecule has 0 fully saturated rings. The van der Waals surface area contributed by atoms with Crippen LogP contribution < -0.4 is 5.32 Å². The van der Waals surface area contributed by atoms with Crippen molar-refractivity contribution in [1.29, 1.82) is 0 Å². The van der Waals surface area contributed by atoms with Gasteiger partial charge in [-0.15, -0.1) is 12.3 Å². The van der Waals surface area contributed by atoms with Crippen LogP contribution in [0, 0.1) is 12.3 Å². The zero-order valence-corrected chi connectivity index (χ0v) is 6.37. The minimum atomic E-state index is -0.289. The van der Waals surface area contributed by atoms with Crippen LogP contribution in [0.15, 0.2) is 6.33 Å². The number of aromatic nitrogens is 3. The minimum absolute atomic E-state index is 0.201. The monoisotopic (exact) mass is 164 g/mol. The second-order valence-corrected chi connectivity index (χ2v) is 2.04. The van der Waals surface area contributed by atoms with Gasteiger partial charge in [-0.3, -0.25) is 9.89 Å². The van der Waals surface area contributed by atoms with Crippen LogP contribution in [0.4, 0.5) is 0 Å². The molecule has 0 aromatic carbocycles. The molecule has 0 bridgehead atoms. The second-order valence-electron chi connectivity index (χ2n) is 2.04. The fraction of sp³-hybridized carbons (Fsp3) is 0.286. The SMILES string of the molecule is C#CCCNC(=O)c1ncn[nH]1. The lowest BCUT2D eigenvalue weighted by molar-refractivity contribution is 0.0944. The van der Waals surface area contributed by atoms with Crippen molar-refractivity contribution in [3.63, 3.8) is 0 Å². The molecular formula is C7H8N4O. The van der Waals surface area contributed by atoms with E-state index in [9.17, 15) is 4.79 Å². The summed E-state index contributed by atoms with van der Waals surface area (Å²) in [6.07, 6.45) is 6.78. The molecule has 1 aromatic heterocycles. The predicted octanol–water partition coefficient (Wildman–Crippen LogP) is -0.442. The van der Waals surface area contributed by atoms with Crippen LogP contribution in [0.2, 0.25) is 0 Å². The number of amides is 1. The van der Waals surface area contributed by atoms with E-state index >= 15 is 0 Å². The molecule has 0 spiro atoms. The molecule has 0 saturated carbocycles. The van der Waals surface area contributed by atoms with Crippen molar-refractivity contribution in [3.05, 3.63) is 12.2 Å². The Morgan fingerprint density at radius 1 is 1.83 bits per heavy atom. The number of aromatic amines is 1. The summed E-state index contributed by atoms with van der Waals surface area (Å²) in [5, 5.41) is 8.54. The average molecular weight is 164 g/mol. The highest BCUT2D eigenvalue weighted by molar-refractivity contribution is 5.90. The normalized spacial score (nSPS) is 8.92. The van der Waals surface area contributed by atoms with Crippen molar-refractivity contribution in [1.82, 2.24) is 20.5 Å². The van der Waals surface area contributed by atoms with E-state index in [2.05, 4.69) is 26.4 Å². The molecule has 1 heterocycles. The maximum atomic E-state index is 11.1. The molecule has 1 rings (SSSR count). The van der Waals surface area contributed by atoms with Gasteiger partial charge in [0.05, 0.1) is 0 Å². The van der Waals surface area contributed by atoms with Crippen molar-refractivity contribution in [2.75, 3.05) is 6.54 Å². The first-order chi connectivity index (χ1) is 5.84. The number of H-pyrrole nitrogens is 1. The molecule has 0 unspecified atom stereocenters. The fourth-order valence-electron chi connectivity index (χ4n) is 0.647. The Morgan fingerprint density at radius 3 is 3.25 bits per heavy atom. The zero-order chi connectivity index (χ0) is 8.81. The van der Waals surface area contributed by atoms with Gasteiger partial charge in [-0.25, -0.2) is 4.98 Å². The lowest BCUT2D eigenvalue weighted by Gasteiger charge is -1.97. The molecule has 12 heavy (non-hydrogen) atoms. The Morgan fingerprint density at radius 2 is 2.67 bits per heavy atom. The fourth-order valence-corrected chi connectivity index (χ4v) is 0.647. The van der Waals surface area contributed by atoms with E-state index in [4.69, 9.17) is 6.42 Å². The van der Waals surface area contributed by atoms with Crippen molar-refractivity contribution < 1.29 is 4.79 Å². The maximum absolute atomic E-state index is 11.1. The molecule has 0 aliphatic heterocycles. The van der Waals surface area contributed by atoms with Gasteiger partial charge < -0.3 is 5.32 Å². The van der Waals surface area contributed by atoms with Gasteiger partial charge in [0.1, 0.15) is 6.33 Å². The summed E-state index contributed by atoms with van der Waals surface area (Å²) in [6, 6.07) is 0. The van der Waals surface area contributed by atoms with E-state index in [1.807, 2.05) is 0 Å². The summed E-state index contributed by atoms with van der Waals surface area (Å²) in [4.78, 5) is 14.7. The molecule has 1 amide bonds. The average Bonchev–Trinajstić information content (AvgIpc) is 2.56. The Kier molecular flexibility index (Phi) is 2.85. The van der Waals surface area contributed by atoms with Gasteiger partial charge in [0.2, 0.25) is 5.82 Å². The van der Waals surface area contributed by atoms with Crippen LogP contribution in [0.25, 0.3) is 0 Å². The number of carbonyl (C=O) groups excluding carboxylic acids is 1. The van der Waals surface area contributed by atoms with Crippen LogP contribution in [0.1, 0.15) is 17.0 Å². The van der Waals surface area contributed by atoms with Crippen LogP contribution in [-0.4, -0.2) is 27.6 Å². The summed E-state index contributed by atoms with van der Waals surface area (Å²) in [5.41, 5.74) is 0. The number of hydrogen-bond donors (Lipinski definition) is 2. The summed E-state index contributed by atoms with van der Waals surface area (Å²) in [7, 11) is 0. The van der Waals surface area contributed by atoms with E-state index in [1.54, 1.807) is 0 Å². The van der Waals surface area contributed by atoms with Gasteiger partial charge in [-0.2, -0.15) is 5.10 Å². The molecule has 0 aliphatic rings. The maximum Gasteiger partial charge on any atom is 0.288 e. The van der Waals surface area contributed by atoms with Gasteiger partial charge in [-0.05, 0) is 0 Å². The highest BCUT2D eigenvalue weighted by atomic mass is 16.2. The van der Waals surface area contributed by atoms with E-state index in [-0.39, 0.29) is 11.7 Å². The van der Waals surface area contributed by atoms with E-state index in [1.165, 1.54) is 6.33 Å². The summed E-state index contributed by atoms with van der Waals surface area (Å²) in [6.45, 7) is 0.454. The molecule has 5 heteroatoms. The molecule has 0 saturated heterocycles. The topological polar surface area (TPSA) is 70.7 Å². The van der Waals surface area contributed by atoms with Crippen LogP contribution in [-0.2, 0) is 0 Å². The van der Waals surface area contributed by atoms with Crippen LogP contribution in [0.5, 0.6) is 0 Å². The summed E-state index contributed by atoms with van der Waals surface area (Å²) >= 11 is 0. The lowest BCUT2D eigenvalue weighted by Crippen LogP contribution is -2.25. The standard InChI is InChI=1S/C7H8N4O/c1-2-3-4-8-7(12)6-9-5-10-11-6/h1,5H,3-4H2,(H,8,12)(H,9,10,11). The van der Waals surface area contributed by atoms with Gasteiger partial charge >= 0.3 is 0 Å². The number of nitrogens with one attached hydrogen (secondary N) is 2. The molecule has 0 atom stereocenters. The summed E-state index contributed by atoms with van der Waals surface area (Å²) in [5.74, 6) is 2.32. The van der Waals surface area contributed by atoms with Crippen molar-refractivity contribution in [3.8, 4) is 12.3 Å². The number of hydrogen-bond acceptors (Lipinski definition) is 3. The quantitative estimate of drug-likeness (QED) is 0.470. The van der Waals surface area contributed by atoms with Crippen molar-refractivity contribution >= 4 is 5.91 Å². The first-order valence-corrected chi connectivity index (χ1v) is 3.41. The Bertz CT molecular complexity index is 285.